The summed E-state index contributed by atoms with van der Waals surface area (Å²) in [6.07, 6.45) is 1.65. The lowest BCUT2D eigenvalue weighted by Gasteiger charge is -2.14. The molecule has 0 bridgehead atoms. The number of amides is 1. The Hall–Kier alpha value is -3.71. The van der Waals surface area contributed by atoms with Gasteiger partial charge in [-0.25, -0.2) is 4.99 Å². The molecule has 142 valence electrons. The van der Waals surface area contributed by atoms with Gasteiger partial charge >= 0.3 is 0 Å². The molecule has 4 heterocycles. The number of pyridine rings is 1. The molecule has 0 radical (unpaired) electrons. The average Bonchev–Trinajstić information content (AvgIpc) is 3.46. The van der Waals surface area contributed by atoms with Crippen molar-refractivity contribution in [1.29, 1.82) is 0 Å². The van der Waals surface area contributed by atoms with E-state index in [-0.39, 0.29) is 5.88 Å². The van der Waals surface area contributed by atoms with Gasteiger partial charge in [0.15, 0.2) is 0 Å². The van der Waals surface area contributed by atoms with Crippen LogP contribution in [0.4, 0.5) is 0 Å². The molecule has 3 aromatic heterocycles. The SMILES string of the molecule is COc1ccccc1-n1c(O)c2c(c1-c1ccccn1)C(=O)N=C2c1cccs1. The largest absolute Gasteiger partial charge is 0.495 e. The first-order valence-electron chi connectivity index (χ1n) is 8.90. The molecule has 0 spiro atoms. The predicted molar refractivity (Wildman–Crippen MR) is 112 cm³/mol. The number of benzene rings is 1. The number of methoxy groups -OCH3 is 1. The minimum absolute atomic E-state index is 0.0665. The van der Waals surface area contributed by atoms with Crippen molar-refractivity contribution in [2.75, 3.05) is 7.11 Å². The van der Waals surface area contributed by atoms with Crippen molar-refractivity contribution in [1.82, 2.24) is 9.55 Å². The van der Waals surface area contributed by atoms with E-state index in [4.69, 9.17) is 4.74 Å². The maximum Gasteiger partial charge on any atom is 0.280 e. The van der Waals surface area contributed by atoms with Crippen molar-refractivity contribution in [3.05, 3.63) is 82.2 Å². The quantitative estimate of drug-likeness (QED) is 0.553. The zero-order chi connectivity index (χ0) is 20.0. The summed E-state index contributed by atoms with van der Waals surface area (Å²) in [4.78, 5) is 22.4. The van der Waals surface area contributed by atoms with E-state index < -0.39 is 5.91 Å². The van der Waals surface area contributed by atoms with Crippen LogP contribution in [-0.2, 0) is 0 Å². The zero-order valence-electron chi connectivity index (χ0n) is 15.4. The molecule has 7 heteroatoms. The van der Waals surface area contributed by atoms with Gasteiger partial charge in [0.2, 0.25) is 5.88 Å². The van der Waals surface area contributed by atoms with Crippen LogP contribution in [0.25, 0.3) is 17.1 Å². The zero-order valence-corrected chi connectivity index (χ0v) is 16.2. The number of thiophene rings is 1. The summed E-state index contributed by atoms with van der Waals surface area (Å²) in [6, 6.07) is 16.5. The molecule has 1 N–H and O–H groups in total. The predicted octanol–water partition coefficient (Wildman–Crippen LogP) is 4.31. The number of aliphatic imine (C=N–C) groups is 1. The molecular formula is C22H15N3O3S. The van der Waals surface area contributed by atoms with Crippen LogP contribution in [0.1, 0.15) is 20.8 Å². The van der Waals surface area contributed by atoms with Gasteiger partial charge in [-0.05, 0) is 35.7 Å². The van der Waals surface area contributed by atoms with Crippen molar-refractivity contribution in [2.24, 2.45) is 4.99 Å². The first-order chi connectivity index (χ1) is 14.2. The second kappa shape index (κ2) is 6.72. The monoisotopic (exact) mass is 401 g/mol. The number of fused-ring (bicyclic) bond motifs is 1. The van der Waals surface area contributed by atoms with Crippen molar-refractivity contribution in [3.63, 3.8) is 0 Å². The summed E-state index contributed by atoms with van der Waals surface area (Å²) in [5, 5.41) is 13.2. The number of nitrogens with zero attached hydrogens (tertiary/aromatic N) is 3. The molecule has 5 rings (SSSR count). The highest BCUT2D eigenvalue weighted by molar-refractivity contribution is 7.12. The molecular weight excluding hydrogens is 386 g/mol. The summed E-state index contributed by atoms with van der Waals surface area (Å²) in [6.45, 7) is 0. The van der Waals surface area contributed by atoms with Crippen LogP contribution in [0.3, 0.4) is 0 Å². The van der Waals surface area contributed by atoms with Crippen LogP contribution in [0.5, 0.6) is 11.6 Å². The highest BCUT2D eigenvalue weighted by atomic mass is 32.1. The summed E-state index contributed by atoms with van der Waals surface area (Å²) >= 11 is 1.47. The summed E-state index contributed by atoms with van der Waals surface area (Å²) in [7, 11) is 1.57. The number of hydrogen-bond acceptors (Lipinski definition) is 5. The van der Waals surface area contributed by atoms with Crippen LogP contribution in [0.15, 0.2) is 71.2 Å². The van der Waals surface area contributed by atoms with Gasteiger partial charge in [0.1, 0.15) is 5.75 Å². The number of aromatic nitrogens is 2. The van der Waals surface area contributed by atoms with E-state index in [1.54, 1.807) is 36.1 Å². The minimum Gasteiger partial charge on any atom is -0.495 e. The molecule has 1 aliphatic rings. The highest BCUT2D eigenvalue weighted by Crippen LogP contribution is 2.44. The summed E-state index contributed by atoms with van der Waals surface area (Å²) < 4.78 is 7.12. The minimum atomic E-state index is -0.395. The Morgan fingerprint density at radius 2 is 1.86 bits per heavy atom. The smallest absolute Gasteiger partial charge is 0.280 e. The van der Waals surface area contributed by atoms with Crippen LogP contribution >= 0.6 is 11.3 Å². The Bertz CT molecular complexity index is 1260. The van der Waals surface area contributed by atoms with Crippen LogP contribution < -0.4 is 4.74 Å². The molecule has 0 atom stereocenters. The molecule has 1 aliphatic heterocycles. The van der Waals surface area contributed by atoms with Crippen molar-refractivity contribution >= 4 is 23.0 Å². The summed E-state index contributed by atoms with van der Waals surface area (Å²) in [5.41, 5.74) is 2.90. The lowest BCUT2D eigenvalue weighted by Crippen LogP contribution is -2.04. The number of rotatable bonds is 4. The molecule has 0 saturated carbocycles. The van der Waals surface area contributed by atoms with Gasteiger partial charge in [0.05, 0.1) is 45.9 Å². The highest BCUT2D eigenvalue weighted by Gasteiger charge is 2.37. The topological polar surface area (TPSA) is 76.7 Å². The Balaban J connectivity index is 1.87. The second-order valence-corrected chi connectivity index (χ2v) is 7.34. The van der Waals surface area contributed by atoms with Gasteiger partial charge in [-0.2, -0.15) is 0 Å². The van der Waals surface area contributed by atoms with E-state index >= 15 is 0 Å². The Labute approximate surface area is 170 Å². The molecule has 1 amide bonds. The van der Waals surface area contributed by atoms with E-state index in [1.165, 1.54) is 11.3 Å². The third kappa shape index (κ3) is 2.59. The molecule has 0 aliphatic carbocycles. The normalized spacial score (nSPS) is 12.7. The average molecular weight is 401 g/mol. The number of hydrogen-bond donors (Lipinski definition) is 1. The fraction of sp³-hybridized carbons (Fsp3) is 0.0455. The molecule has 1 aromatic carbocycles. The van der Waals surface area contributed by atoms with Crippen LogP contribution in [0, 0.1) is 0 Å². The fourth-order valence-electron chi connectivity index (χ4n) is 3.59. The standard InChI is InChI=1S/C22H15N3O3S/c1-28-15-9-3-2-8-14(15)25-20(13-7-4-5-11-23-13)18-17(22(25)27)19(24-21(18)26)16-10-6-12-29-16/h2-12,27H,1H3. The lowest BCUT2D eigenvalue weighted by molar-refractivity contribution is 0.101. The number of ether oxygens (including phenoxy) is 1. The molecule has 4 aromatic rings. The Kier molecular flexibility index (Phi) is 4.03. The maximum atomic E-state index is 13.0. The second-order valence-electron chi connectivity index (χ2n) is 6.39. The van der Waals surface area contributed by atoms with E-state index in [2.05, 4.69) is 9.98 Å². The molecule has 0 fully saturated rings. The first-order valence-corrected chi connectivity index (χ1v) is 9.78. The van der Waals surface area contributed by atoms with Gasteiger partial charge in [-0.3, -0.25) is 14.3 Å². The van der Waals surface area contributed by atoms with Gasteiger partial charge in [-0.15, -0.1) is 11.3 Å². The Morgan fingerprint density at radius 3 is 2.59 bits per heavy atom. The first kappa shape index (κ1) is 17.4. The van der Waals surface area contributed by atoms with E-state index in [0.717, 1.165) is 4.88 Å². The van der Waals surface area contributed by atoms with Gasteiger partial charge < -0.3 is 9.84 Å². The van der Waals surface area contributed by atoms with E-state index in [9.17, 15) is 9.90 Å². The summed E-state index contributed by atoms with van der Waals surface area (Å²) in [5.74, 6) is 0.104. The van der Waals surface area contributed by atoms with E-state index in [0.29, 0.717) is 39.7 Å². The molecule has 0 unspecified atom stereocenters. The molecule has 6 nitrogen and oxygen atoms in total. The van der Waals surface area contributed by atoms with Crippen LogP contribution in [0.2, 0.25) is 0 Å². The third-order valence-electron chi connectivity index (χ3n) is 4.80. The maximum absolute atomic E-state index is 13.0. The number of carbonyl (C=O) groups is 1. The lowest BCUT2D eigenvalue weighted by atomic mass is 10.1. The number of para-hydroxylation sites is 2. The van der Waals surface area contributed by atoms with Crippen LogP contribution in [-0.4, -0.2) is 33.4 Å². The fourth-order valence-corrected chi connectivity index (χ4v) is 4.31. The Morgan fingerprint density at radius 1 is 1.03 bits per heavy atom. The third-order valence-corrected chi connectivity index (χ3v) is 5.67. The molecule has 29 heavy (non-hydrogen) atoms. The van der Waals surface area contributed by atoms with E-state index in [1.807, 2.05) is 41.8 Å². The van der Waals surface area contributed by atoms with Gasteiger partial charge in [0, 0.05) is 6.20 Å². The number of aromatic hydroxyl groups is 1. The van der Waals surface area contributed by atoms with Crippen molar-refractivity contribution < 1.29 is 14.6 Å². The number of carbonyl (C=O) groups excluding carboxylic acids is 1. The van der Waals surface area contributed by atoms with Crippen molar-refractivity contribution in [3.8, 4) is 28.7 Å². The van der Waals surface area contributed by atoms with Crippen molar-refractivity contribution in [2.45, 2.75) is 0 Å². The van der Waals surface area contributed by atoms with Gasteiger partial charge in [-0.1, -0.05) is 24.3 Å². The van der Waals surface area contributed by atoms with Gasteiger partial charge in [0.25, 0.3) is 5.91 Å². The molecule has 0 saturated heterocycles.